The van der Waals surface area contributed by atoms with Crippen LogP contribution in [0.15, 0.2) is 4.99 Å². The quantitative estimate of drug-likeness (QED) is 0.279. The van der Waals surface area contributed by atoms with E-state index < -0.39 is 6.43 Å². The Hall–Kier alpha value is -1.12. The Kier molecular flexibility index (Phi) is 11.3. The standard InChI is InChI=1S/C19H34F2N8O.HI/c1-15-25-26-18(27(15)2)13-23-19(22-5-8-28-9-11-30-12-10-28)24-16-3-6-29(7-4-16)14-17(20)21;/h16-17H,3-14H2,1-2H3,(H2,22,23,24);1H. The number of halogens is 3. The molecule has 178 valence electrons. The predicted molar refractivity (Wildman–Crippen MR) is 126 cm³/mol. The third kappa shape index (κ3) is 8.73. The van der Waals surface area contributed by atoms with E-state index in [1.807, 2.05) is 23.4 Å². The van der Waals surface area contributed by atoms with E-state index in [1.54, 1.807) is 0 Å². The maximum atomic E-state index is 12.6. The van der Waals surface area contributed by atoms with E-state index in [-0.39, 0.29) is 36.6 Å². The van der Waals surface area contributed by atoms with E-state index in [0.29, 0.717) is 19.6 Å². The van der Waals surface area contributed by atoms with Gasteiger partial charge in [0.1, 0.15) is 12.4 Å². The van der Waals surface area contributed by atoms with Crippen LogP contribution in [0.2, 0.25) is 0 Å². The molecule has 0 aromatic carbocycles. The number of aromatic nitrogens is 3. The van der Waals surface area contributed by atoms with Gasteiger partial charge in [0.2, 0.25) is 0 Å². The summed E-state index contributed by atoms with van der Waals surface area (Å²) in [7, 11) is 1.93. The number of likely N-dealkylation sites (tertiary alicyclic amines) is 1. The molecule has 0 spiro atoms. The second-order valence-electron chi connectivity index (χ2n) is 7.88. The van der Waals surface area contributed by atoms with Crippen molar-refractivity contribution in [1.29, 1.82) is 0 Å². The maximum absolute atomic E-state index is 12.6. The summed E-state index contributed by atoms with van der Waals surface area (Å²) in [6, 6.07) is 0.217. The van der Waals surface area contributed by atoms with Crippen LogP contribution in [-0.4, -0.2) is 102 Å². The van der Waals surface area contributed by atoms with Gasteiger partial charge in [0.15, 0.2) is 11.8 Å². The number of nitrogens with one attached hydrogen (secondary N) is 2. The van der Waals surface area contributed by atoms with Gasteiger partial charge in [0.25, 0.3) is 6.43 Å². The Morgan fingerprint density at radius 1 is 1.16 bits per heavy atom. The molecule has 1 aromatic rings. The maximum Gasteiger partial charge on any atom is 0.251 e. The van der Waals surface area contributed by atoms with Crippen molar-refractivity contribution in [2.75, 3.05) is 59.0 Å². The van der Waals surface area contributed by atoms with E-state index in [2.05, 4.69) is 25.7 Å². The summed E-state index contributed by atoms with van der Waals surface area (Å²) in [5, 5.41) is 15.2. The van der Waals surface area contributed by atoms with Crippen LogP contribution < -0.4 is 10.6 Å². The van der Waals surface area contributed by atoms with Crippen LogP contribution in [0.1, 0.15) is 24.5 Å². The molecule has 0 atom stereocenters. The number of piperidine rings is 1. The molecule has 0 radical (unpaired) electrons. The molecule has 2 saturated heterocycles. The molecule has 3 rings (SSSR count). The van der Waals surface area contributed by atoms with Crippen molar-refractivity contribution < 1.29 is 13.5 Å². The van der Waals surface area contributed by atoms with E-state index in [9.17, 15) is 8.78 Å². The van der Waals surface area contributed by atoms with Gasteiger partial charge in [0, 0.05) is 52.4 Å². The van der Waals surface area contributed by atoms with Crippen LogP contribution in [0.5, 0.6) is 0 Å². The highest BCUT2D eigenvalue weighted by Gasteiger charge is 2.22. The van der Waals surface area contributed by atoms with Crippen molar-refractivity contribution in [3.8, 4) is 0 Å². The molecule has 0 aliphatic carbocycles. The van der Waals surface area contributed by atoms with Crippen LogP contribution in [0.4, 0.5) is 8.78 Å². The summed E-state index contributed by atoms with van der Waals surface area (Å²) in [6.07, 6.45) is -0.636. The van der Waals surface area contributed by atoms with Crippen molar-refractivity contribution in [3.05, 3.63) is 11.6 Å². The fourth-order valence-electron chi connectivity index (χ4n) is 3.70. The number of alkyl halides is 2. The lowest BCUT2D eigenvalue weighted by Crippen LogP contribution is -2.50. The number of aliphatic imine (C=N–C) groups is 1. The summed E-state index contributed by atoms with van der Waals surface area (Å²) < 4.78 is 32.5. The SMILES string of the molecule is Cc1nnc(CN=C(NCCN2CCOCC2)NC2CCN(CC(F)F)CC2)n1C.I. The lowest BCUT2D eigenvalue weighted by Gasteiger charge is -2.33. The fraction of sp³-hybridized carbons (Fsp3) is 0.842. The average Bonchev–Trinajstić information content (AvgIpc) is 3.06. The molecular weight excluding hydrogens is 521 g/mol. The number of hydrogen-bond acceptors (Lipinski definition) is 6. The molecule has 12 heteroatoms. The van der Waals surface area contributed by atoms with Crippen LogP contribution in [-0.2, 0) is 18.3 Å². The minimum absolute atomic E-state index is 0. The summed E-state index contributed by atoms with van der Waals surface area (Å²) in [6.45, 7) is 8.68. The number of nitrogens with zero attached hydrogens (tertiary/aromatic N) is 6. The predicted octanol–water partition coefficient (Wildman–Crippen LogP) is 0.838. The molecule has 0 bridgehead atoms. The molecular formula is C19H35F2IN8O. The van der Waals surface area contributed by atoms with E-state index in [1.165, 1.54) is 0 Å². The lowest BCUT2D eigenvalue weighted by atomic mass is 10.1. The lowest BCUT2D eigenvalue weighted by molar-refractivity contribution is 0.0389. The number of ether oxygens (including phenoxy) is 1. The summed E-state index contributed by atoms with van der Waals surface area (Å²) >= 11 is 0. The van der Waals surface area contributed by atoms with Crippen LogP contribution in [0.3, 0.4) is 0 Å². The second kappa shape index (κ2) is 13.4. The molecule has 0 unspecified atom stereocenters. The van der Waals surface area contributed by atoms with Crippen molar-refractivity contribution in [1.82, 2.24) is 35.2 Å². The molecule has 9 nitrogen and oxygen atoms in total. The third-order valence-electron chi connectivity index (χ3n) is 5.71. The second-order valence-corrected chi connectivity index (χ2v) is 7.88. The molecule has 2 aliphatic rings. The molecule has 2 fully saturated rings. The summed E-state index contributed by atoms with van der Waals surface area (Å²) in [5.41, 5.74) is 0. The van der Waals surface area contributed by atoms with Crippen molar-refractivity contribution in [2.24, 2.45) is 12.0 Å². The van der Waals surface area contributed by atoms with Crippen LogP contribution in [0.25, 0.3) is 0 Å². The Balaban J connectivity index is 0.00000341. The first-order valence-corrected chi connectivity index (χ1v) is 10.7. The van der Waals surface area contributed by atoms with Gasteiger partial charge < -0.3 is 19.9 Å². The number of morpholine rings is 1. The summed E-state index contributed by atoms with van der Waals surface area (Å²) in [4.78, 5) is 8.90. The topological polar surface area (TPSA) is 82.8 Å². The molecule has 0 saturated carbocycles. The highest BCUT2D eigenvalue weighted by atomic mass is 127. The van der Waals surface area contributed by atoms with E-state index >= 15 is 0 Å². The Morgan fingerprint density at radius 3 is 2.48 bits per heavy atom. The van der Waals surface area contributed by atoms with Crippen LogP contribution >= 0.6 is 24.0 Å². The Labute approximate surface area is 200 Å². The van der Waals surface area contributed by atoms with Crippen molar-refractivity contribution in [3.63, 3.8) is 0 Å². The molecule has 1 aromatic heterocycles. The van der Waals surface area contributed by atoms with Crippen molar-refractivity contribution >= 4 is 29.9 Å². The highest BCUT2D eigenvalue weighted by molar-refractivity contribution is 14.0. The molecule has 0 amide bonds. The number of aryl methyl sites for hydroxylation is 1. The zero-order valence-electron chi connectivity index (χ0n) is 18.4. The fourth-order valence-corrected chi connectivity index (χ4v) is 3.70. The number of rotatable bonds is 8. The third-order valence-corrected chi connectivity index (χ3v) is 5.71. The van der Waals surface area contributed by atoms with Gasteiger partial charge in [-0.1, -0.05) is 0 Å². The first kappa shape index (κ1) is 26.1. The molecule has 3 heterocycles. The molecule has 31 heavy (non-hydrogen) atoms. The average molecular weight is 556 g/mol. The largest absolute Gasteiger partial charge is 0.379 e. The van der Waals surface area contributed by atoms with Gasteiger partial charge in [-0.2, -0.15) is 0 Å². The van der Waals surface area contributed by atoms with Crippen molar-refractivity contribution in [2.45, 2.75) is 38.8 Å². The normalized spacial score (nSPS) is 19.5. The molecule has 2 aliphatic heterocycles. The highest BCUT2D eigenvalue weighted by Crippen LogP contribution is 2.12. The van der Waals surface area contributed by atoms with Gasteiger partial charge in [-0.15, -0.1) is 34.2 Å². The first-order chi connectivity index (χ1) is 14.5. The van der Waals surface area contributed by atoms with Crippen LogP contribution in [0, 0.1) is 6.92 Å². The first-order valence-electron chi connectivity index (χ1n) is 10.7. The number of hydrogen-bond donors (Lipinski definition) is 2. The van der Waals surface area contributed by atoms with E-state index in [4.69, 9.17) is 9.73 Å². The monoisotopic (exact) mass is 556 g/mol. The minimum atomic E-state index is -2.27. The summed E-state index contributed by atoms with van der Waals surface area (Å²) in [5.74, 6) is 2.38. The smallest absolute Gasteiger partial charge is 0.251 e. The van der Waals surface area contributed by atoms with Gasteiger partial charge >= 0.3 is 0 Å². The van der Waals surface area contributed by atoms with Gasteiger partial charge in [-0.05, 0) is 19.8 Å². The van der Waals surface area contributed by atoms with Gasteiger partial charge in [-0.3, -0.25) is 9.80 Å². The number of guanidine groups is 1. The zero-order chi connectivity index (χ0) is 21.3. The minimum Gasteiger partial charge on any atom is -0.379 e. The van der Waals surface area contributed by atoms with Gasteiger partial charge in [0.05, 0.1) is 19.8 Å². The zero-order valence-corrected chi connectivity index (χ0v) is 20.7. The van der Waals surface area contributed by atoms with Gasteiger partial charge in [-0.25, -0.2) is 13.8 Å². The Morgan fingerprint density at radius 2 is 1.87 bits per heavy atom. The molecule has 2 N–H and O–H groups in total. The Bertz CT molecular complexity index is 676. The van der Waals surface area contributed by atoms with E-state index in [0.717, 1.165) is 69.8 Å².